The summed E-state index contributed by atoms with van der Waals surface area (Å²) in [5.74, 6) is 0.511. The highest BCUT2D eigenvalue weighted by Gasteiger charge is 2.21. The Kier molecular flexibility index (Phi) is 4.31. The minimum atomic E-state index is -0.499. The Labute approximate surface area is 133 Å². The van der Waals surface area contributed by atoms with Gasteiger partial charge in [-0.15, -0.1) is 17.9 Å². The van der Waals surface area contributed by atoms with E-state index in [9.17, 15) is 9.90 Å². The summed E-state index contributed by atoms with van der Waals surface area (Å²) in [6.45, 7) is 6.20. The van der Waals surface area contributed by atoms with Gasteiger partial charge in [0.1, 0.15) is 4.83 Å². The van der Waals surface area contributed by atoms with Gasteiger partial charge >= 0.3 is 0 Å². The van der Waals surface area contributed by atoms with E-state index in [1.807, 2.05) is 0 Å². The number of fused-ring (bicyclic) bond motifs is 3. The summed E-state index contributed by atoms with van der Waals surface area (Å²) in [5.41, 5.74) is 1.20. The fourth-order valence-electron chi connectivity index (χ4n) is 2.91. The predicted molar refractivity (Wildman–Crippen MR) is 90.9 cm³/mol. The van der Waals surface area contributed by atoms with Crippen LogP contribution in [0.4, 0.5) is 5.95 Å². The van der Waals surface area contributed by atoms with E-state index >= 15 is 0 Å². The van der Waals surface area contributed by atoms with Crippen molar-refractivity contribution in [3.63, 3.8) is 0 Å². The van der Waals surface area contributed by atoms with Crippen LogP contribution in [0.1, 0.15) is 30.2 Å². The van der Waals surface area contributed by atoms with E-state index in [2.05, 4.69) is 16.9 Å². The number of hydrogen-bond acceptors (Lipinski definition) is 5. The number of nitrogens with zero attached hydrogens (tertiary/aromatic N) is 2. The molecule has 3 rings (SSSR count). The van der Waals surface area contributed by atoms with Crippen molar-refractivity contribution >= 4 is 27.5 Å². The summed E-state index contributed by atoms with van der Waals surface area (Å²) in [7, 11) is 0. The van der Waals surface area contributed by atoms with E-state index in [1.54, 1.807) is 28.9 Å². The standard InChI is InChI=1S/C16H21N3O2S/c1-3-8-19-15(21)13-11-6-4-5-7-12(11)22-14(13)18-16(19)17-9-10(2)20/h3,10,20H,1,4-9H2,2H3,(H,17,18). The molecule has 2 aromatic rings. The molecule has 0 amide bonds. The monoisotopic (exact) mass is 319 g/mol. The van der Waals surface area contributed by atoms with E-state index in [0.717, 1.165) is 29.5 Å². The van der Waals surface area contributed by atoms with Crippen LogP contribution >= 0.6 is 11.3 Å². The van der Waals surface area contributed by atoms with Gasteiger partial charge in [-0.25, -0.2) is 4.98 Å². The molecule has 0 spiro atoms. The number of aliphatic hydroxyl groups is 1. The molecule has 5 nitrogen and oxygen atoms in total. The number of aromatic nitrogens is 2. The van der Waals surface area contributed by atoms with Crippen LogP contribution in [0.5, 0.6) is 0 Å². The van der Waals surface area contributed by atoms with E-state index in [1.165, 1.54) is 16.9 Å². The second-order valence-corrected chi connectivity index (χ2v) is 6.84. The Hall–Kier alpha value is -1.66. The van der Waals surface area contributed by atoms with E-state index < -0.39 is 6.10 Å². The van der Waals surface area contributed by atoms with Crippen LogP contribution < -0.4 is 10.9 Å². The summed E-state index contributed by atoms with van der Waals surface area (Å²) in [4.78, 5) is 19.7. The summed E-state index contributed by atoms with van der Waals surface area (Å²) in [5, 5.41) is 13.3. The Morgan fingerprint density at radius 2 is 2.27 bits per heavy atom. The van der Waals surface area contributed by atoms with Crippen molar-refractivity contribution in [1.82, 2.24) is 9.55 Å². The van der Waals surface area contributed by atoms with Gasteiger partial charge in [-0.3, -0.25) is 9.36 Å². The lowest BCUT2D eigenvalue weighted by atomic mass is 9.97. The first-order chi connectivity index (χ1) is 10.6. The summed E-state index contributed by atoms with van der Waals surface area (Å²) < 4.78 is 1.61. The maximum Gasteiger partial charge on any atom is 0.264 e. The lowest BCUT2D eigenvalue weighted by Gasteiger charge is -2.14. The fourth-order valence-corrected chi connectivity index (χ4v) is 4.16. The SMILES string of the molecule is C=CCn1c(NCC(C)O)nc2sc3c(c2c1=O)CCCC3. The molecule has 0 saturated carbocycles. The number of aliphatic hydroxyl groups excluding tert-OH is 1. The maximum atomic E-state index is 12.9. The first-order valence-corrected chi connectivity index (χ1v) is 8.51. The van der Waals surface area contributed by atoms with Gasteiger partial charge in [0.05, 0.1) is 11.5 Å². The number of nitrogens with one attached hydrogen (secondary N) is 1. The molecule has 1 unspecified atom stereocenters. The molecule has 0 radical (unpaired) electrons. The van der Waals surface area contributed by atoms with Crippen LogP contribution in [0, 0.1) is 0 Å². The van der Waals surface area contributed by atoms with Crippen molar-refractivity contribution in [2.24, 2.45) is 0 Å². The molecule has 0 fully saturated rings. The number of aryl methyl sites for hydroxylation is 2. The first-order valence-electron chi connectivity index (χ1n) is 7.69. The minimum absolute atomic E-state index is 0.00241. The van der Waals surface area contributed by atoms with Gasteiger partial charge in [-0.05, 0) is 38.2 Å². The van der Waals surface area contributed by atoms with Crippen molar-refractivity contribution in [3.05, 3.63) is 33.4 Å². The van der Waals surface area contributed by atoms with Gasteiger partial charge in [0.2, 0.25) is 5.95 Å². The first kappa shape index (κ1) is 15.2. The Bertz CT molecular complexity index is 761. The largest absolute Gasteiger partial charge is 0.392 e. The highest BCUT2D eigenvalue weighted by molar-refractivity contribution is 7.18. The second-order valence-electron chi connectivity index (χ2n) is 5.76. The molecule has 1 aliphatic carbocycles. The van der Waals surface area contributed by atoms with Gasteiger partial charge in [0, 0.05) is 18.0 Å². The van der Waals surface area contributed by atoms with Gasteiger partial charge in [0.25, 0.3) is 5.56 Å². The summed E-state index contributed by atoms with van der Waals surface area (Å²) in [6.07, 6.45) is 5.55. The van der Waals surface area contributed by atoms with Crippen molar-refractivity contribution < 1.29 is 5.11 Å². The molecular formula is C16H21N3O2S. The van der Waals surface area contributed by atoms with Crippen molar-refractivity contribution in [1.29, 1.82) is 0 Å². The molecule has 1 aliphatic rings. The molecule has 0 bridgehead atoms. The Balaban J connectivity index is 2.16. The lowest BCUT2D eigenvalue weighted by Crippen LogP contribution is -2.27. The fraction of sp³-hybridized carbons (Fsp3) is 0.500. The van der Waals surface area contributed by atoms with Crippen molar-refractivity contribution in [2.45, 2.75) is 45.3 Å². The van der Waals surface area contributed by atoms with Gasteiger partial charge in [0.15, 0.2) is 0 Å². The molecule has 22 heavy (non-hydrogen) atoms. The third-order valence-electron chi connectivity index (χ3n) is 3.94. The van der Waals surface area contributed by atoms with Crippen LogP contribution in [-0.4, -0.2) is 27.3 Å². The molecule has 0 saturated heterocycles. The topological polar surface area (TPSA) is 67.2 Å². The Morgan fingerprint density at radius 3 is 3.00 bits per heavy atom. The number of thiophene rings is 1. The lowest BCUT2D eigenvalue weighted by molar-refractivity contribution is 0.208. The van der Waals surface area contributed by atoms with Gasteiger partial charge in [-0.1, -0.05) is 6.08 Å². The molecule has 0 aromatic carbocycles. The molecule has 118 valence electrons. The highest BCUT2D eigenvalue weighted by Crippen LogP contribution is 2.34. The summed E-state index contributed by atoms with van der Waals surface area (Å²) in [6, 6.07) is 0. The molecule has 1 atom stereocenters. The molecular weight excluding hydrogens is 298 g/mol. The molecule has 0 aliphatic heterocycles. The Morgan fingerprint density at radius 1 is 1.50 bits per heavy atom. The second kappa shape index (κ2) is 6.22. The third-order valence-corrected chi connectivity index (χ3v) is 5.13. The zero-order valence-corrected chi connectivity index (χ0v) is 13.6. The van der Waals surface area contributed by atoms with Crippen LogP contribution in [0.3, 0.4) is 0 Å². The van der Waals surface area contributed by atoms with Crippen LogP contribution in [-0.2, 0) is 19.4 Å². The van der Waals surface area contributed by atoms with Gasteiger partial charge < -0.3 is 10.4 Å². The van der Waals surface area contributed by atoms with Crippen LogP contribution in [0.25, 0.3) is 10.2 Å². The van der Waals surface area contributed by atoms with Crippen LogP contribution in [0.15, 0.2) is 17.4 Å². The smallest absolute Gasteiger partial charge is 0.264 e. The van der Waals surface area contributed by atoms with E-state index in [4.69, 9.17) is 0 Å². The third kappa shape index (κ3) is 2.68. The van der Waals surface area contributed by atoms with E-state index in [-0.39, 0.29) is 5.56 Å². The van der Waals surface area contributed by atoms with E-state index in [0.29, 0.717) is 19.0 Å². The quantitative estimate of drug-likeness (QED) is 0.830. The maximum absolute atomic E-state index is 12.9. The highest BCUT2D eigenvalue weighted by atomic mass is 32.1. The molecule has 2 aromatic heterocycles. The molecule has 2 heterocycles. The number of allylic oxidation sites excluding steroid dienone is 1. The molecule has 2 N–H and O–H groups in total. The van der Waals surface area contributed by atoms with Crippen molar-refractivity contribution in [3.8, 4) is 0 Å². The number of anilines is 1. The van der Waals surface area contributed by atoms with Crippen molar-refractivity contribution in [2.75, 3.05) is 11.9 Å². The zero-order valence-electron chi connectivity index (χ0n) is 12.8. The van der Waals surface area contributed by atoms with Gasteiger partial charge in [-0.2, -0.15) is 0 Å². The normalized spacial score (nSPS) is 15.5. The number of rotatable bonds is 5. The minimum Gasteiger partial charge on any atom is -0.392 e. The average molecular weight is 319 g/mol. The summed E-state index contributed by atoms with van der Waals surface area (Å²) >= 11 is 1.64. The predicted octanol–water partition coefficient (Wildman–Crippen LogP) is 2.32. The molecule has 6 heteroatoms. The zero-order chi connectivity index (χ0) is 15.7. The number of hydrogen-bond donors (Lipinski definition) is 2. The van der Waals surface area contributed by atoms with Crippen LogP contribution in [0.2, 0.25) is 0 Å². The average Bonchev–Trinajstić information content (AvgIpc) is 2.86.